The van der Waals surface area contributed by atoms with Crippen molar-refractivity contribution in [3.8, 4) is 50.2 Å². The first-order valence-electron chi connectivity index (χ1n) is 24.2. The zero-order valence-electron chi connectivity index (χ0n) is 38.0. The summed E-state index contributed by atoms with van der Waals surface area (Å²) in [5.41, 5.74) is 21.6. The lowest BCUT2D eigenvalue weighted by molar-refractivity contribution is 0.465. The van der Waals surface area contributed by atoms with Crippen LogP contribution in [0.15, 0.2) is 267 Å². The van der Waals surface area contributed by atoms with Gasteiger partial charge < -0.3 is 9.47 Å². The fourth-order valence-corrected chi connectivity index (χ4v) is 12.6. The quantitative estimate of drug-likeness (QED) is 0.155. The summed E-state index contributed by atoms with van der Waals surface area (Å²) in [5.74, 6) is 0.496. The summed E-state index contributed by atoms with van der Waals surface area (Å²) >= 11 is 0. The van der Waals surface area contributed by atoms with Crippen LogP contribution in [0, 0.1) is 5.92 Å². The van der Waals surface area contributed by atoms with E-state index in [0.29, 0.717) is 0 Å². The van der Waals surface area contributed by atoms with E-state index in [9.17, 15) is 0 Å². The van der Waals surface area contributed by atoms with Gasteiger partial charge in [-0.15, -0.1) is 0 Å². The number of hydrogen-bond donors (Lipinski definition) is 0. The Kier molecular flexibility index (Phi) is 8.97. The van der Waals surface area contributed by atoms with Crippen molar-refractivity contribution >= 4 is 38.9 Å². The molecule has 1 spiro atoms. The standard InChI is InChI=1S/C67H46N2/c1-3-22-45(23-4-1)49-28-7-8-33-55(49)65-50(46-24-5-2-6-25-46)35-20-42-63(65)69(48-27-19-26-47(44-48)68-61-40-17-12-31-53(61)54-32-13-18-41-62(54)68)64-43-21-39-60-66(64)56-34-11-16-38-59(56)67(60)57-36-14-9-29-51(57)52-30-10-15-37-58(52)67/h1-44,51,57H. The molecule has 1 aromatic heterocycles. The summed E-state index contributed by atoms with van der Waals surface area (Å²) in [6, 6.07) is 90.2. The number of allylic oxidation sites excluding steroid dienone is 4. The average molecular weight is 879 g/mol. The van der Waals surface area contributed by atoms with E-state index in [2.05, 4.69) is 276 Å². The second kappa shape index (κ2) is 15.7. The van der Waals surface area contributed by atoms with Crippen LogP contribution in [0.25, 0.3) is 72.0 Å². The van der Waals surface area contributed by atoms with E-state index in [4.69, 9.17) is 0 Å². The number of fused-ring (bicyclic) bond motifs is 13. The molecule has 0 N–H and O–H groups in total. The molecule has 0 aliphatic heterocycles. The molecule has 3 aliphatic rings. The molecule has 2 heteroatoms. The summed E-state index contributed by atoms with van der Waals surface area (Å²) < 4.78 is 2.44. The van der Waals surface area contributed by atoms with Gasteiger partial charge in [0.15, 0.2) is 0 Å². The lowest BCUT2D eigenvalue weighted by atomic mass is 9.65. The van der Waals surface area contributed by atoms with Crippen molar-refractivity contribution in [2.24, 2.45) is 5.92 Å². The first-order valence-corrected chi connectivity index (χ1v) is 24.2. The Bertz CT molecular complexity index is 3820. The molecule has 0 fully saturated rings. The van der Waals surface area contributed by atoms with E-state index in [1.54, 1.807) is 0 Å². The molecule has 1 heterocycles. The lowest BCUT2D eigenvalue weighted by Gasteiger charge is -2.36. The molecule has 324 valence electrons. The fourth-order valence-electron chi connectivity index (χ4n) is 12.6. The monoisotopic (exact) mass is 878 g/mol. The molecule has 3 aliphatic carbocycles. The van der Waals surface area contributed by atoms with Gasteiger partial charge in [-0.05, 0) is 98.1 Å². The summed E-state index contributed by atoms with van der Waals surface area (Å²) in [7, 11) is 0. The normalized spacial score (nSPS) is 17.2. The van der Waals surface area contributed by atoms with E-state index < -0.39 is 0 Å². The minimum absolute atomic E-state index is 0.222. The molecule has 14 rings (SSSR count). The first-order chi connectivity index (χ1) is 34.3. The van der Waals surface area contributed by atoms with Gasteiger partial charge in [0.25, 0.3) is 0 Å². The Morgan fingerprint density at radius 3 is 1.67 bits per heavy atom. The second-order valence-corrected chi connectivity index (χ2v) is 18.7. The largest absolute Gasteiger partial charge is 0.309 e. The van der Waals surface area contributed by atoms with E-state index in [-0.39, 0.29) is 17.3 Å². The molecule has 3 atom stereocenters. The van der Waals surface area contributed by atoms with Gasteiger partial charge in [0.05, 0.1) is 27.8 Å². The summed E-state index contributed by atoms with van der Waals surface area (Å²) in [6.07, 6.45) is 9.44. The minimum atomic E-state index is -0.379. The van der Waals surface area contributed by atoms with Crippen LogP contribution in [-0.2, 0) is 5.41 Å². The minimum Gasteiger partial charge on any atom is -0.309 e. The fraction of sp³-hybridized carbons (Fsp3) is 0.0448. The van der Waals surface area contributed by atoms with Crippen molar-refractivity contribution in [1.82, 2.24) is 4.57 Å². The number of rotatable bonds is 7. The number of para-hydroxylation sites is 2. The molecule has 69 heavy (non-hydrogen) atoms. The molecule has 11 aromatic rings. The molecule has 0 radical (unpaired) electrons. The summed E-state index contributed by atoms with van der Waals surface area (Å²) in [4.78, 5) is 2.59. The molecule has 0 saturated carbocycles. The highest BCUT2D eigenvalue weighted by atomic mass is 15.2. The Morgan fingerprint density at radius 2 is 0.913 bits per heavy atom. The van der Waals surface area contributed by atoms with Crippen molar-refractivity contribution in [3.05, 3.63) is 289 Å². The smallest absolute Gasteiger partial charge is 0.0546 e. The number of nitrogens with zero attached hydrogens (tertiary/aromatic N) is 2. The van der Waals surface area contributed by atoms with E-state index in [1.165, 1.54) is 88.6 Å². The molecule has 3 unspecified atom stereocenters. The highest BCUT2D eigenvalue weighted by Gasteiger charge is 2.57. The zero-order chi connectivity index (χ0) is 45.5. The lowest BCUT2D eigenvalue weighted by Crippen LogP contribution is -2.33. The van der Waals surface area contributed by atoms with E-state index in [1.807, 2.05) is 0 Å². The van der Waals surface area contributed by atoms with Gasteiger partial charge in [0, 0.05) is 45.1 Å². The van der Waals surface area contributed by atoms with Crippen LogP contribution in [-0.4, -0.2) is 4.57 Å². The summed E-state index contributed by atoms with van der Waals surface area (Å²) in [5, 5.41) is 2.49. The average Bonchev–Trinajstić information content (AvgIpc) is 4.04. The van der Waals surface area contributed by atoms with Crippen molar-refractivity contribution in [2.75, 3.05) is 4.90 Å². The van der Waals surface area contributed by atoms with Crippen LogP contribution in [0.3, 0.4) is 0 Å². The molecule has 0 saturated heterocycles. The van der Waals surface area contributed by atoms with Crippen LogP contribution in [0.4, 0.5) is 17.1 Å². The Hall–Kier alpha value is -8.72. The van der Waals surface area contributed by atoms with Crippen LogP contribution >= 0.6 is 0 Å². The molecular weight excluding hydrogens is 833 g/mol. The first kappa shape index (κ1) is 39.4. The highest BCUT2D eigenvalue weighted by molar-refractivity contribution is 6.10. The van der Waals surface area contributed by atoms with Gasteiger partial charge >= 0.3 is 0 Å². The Balaban J connectivity index is 1.10. The van der Waals surface area contributed by atoms with Gasteiger partial charge in [0.2, 0.25) is 0 Å². The topological polar surface area (TPSA) is 8.17 Å². The Labute approximate surface area is 403 Å². The van der Waals surface area contributed by atoms with E-state index in [0.717, 1.165) is 22.7 Å². The van der Waals surface area contributed by atoms with Crippen LogP contribution in [0.2, 0.25) is 0 Å². The number of hydrogen-bond acceptors (Lipinski definition) is 1. The maximum Gasteiger partial charge on any atom is 0.0546 e. The maximum atomic E-state index is 2.59. The van der Waals surface area contributed by atoms with E-state index >= 15 is 0 Å². The van der Waals surface area contributed by atoms with Crippen molar-refractivity contribution in [1.29, 1.82) is 0 Å². The molecule has 2 nitrogen and oxygen atoms in total. The van der Waals surface area contributed by atoms with Gasteiger partial charge in [-0.2, -0.15) is 0 Å². The number of aromatic nitrogens is 1. The SMILES string of the molecule is C1=CC2c3ccccc3C3(c4ccccc4-c4c(N(c5cccc(-n6c7ccccc7c7ccccc76)c5)c5cccc(-c6ccccc6)c5-c5ccccc5-c5ccccc5)cccc43)C2C=C1. The highest BCUT2D eigenvalue weighted by Crippen LogP contribution is 2.67. The molecular formula is C67H46N2. The number of benzene rings is 10. The van der Waals surface area contributed by atoms with Crippen LogP contribution < -0.4 is 4.90 Å². The zero-order valence-corrected chi connectivity index (χ0v) is 38.0. The van der Waals surface area contributed by atoms with Crippen LogP contribution in [0.5, 0.6) is 0 Å². The summed E-state index contributed by atoms with van der Waals surface area (Å²) in [6.45, 7) is 0. The third-order valence-electron chi connectivity index (χ3n) is 15.3. The van der Waals surface area contributed by atoms with Gasteiger partial charge in [-0.3, -0.25) is 0 Å². The van der Waals surface area contributed by atoms with Gasteiger partial charge in [-0.25, -0.2) is 0 Å². The molecule has 10 aromatic carbocycles. The predicted molar refractivity (Wildman–Crippen MR) is 288 cm³/mol. The van der Waals surface area contributed by atoms with Gasteiger partial charge in [0.1, 0.15) is 0 Å². The van der Waals surface area contributed by atoms with Crippen LogP contribution in [0.1, 0.15) is 28.2 Å². The third-order valence-corrected chi connectivity index (χ3v) is 15.3. The third kappa shape index (κ3) is 5.79. The van der Waals surface area contributed by atoms with Gasteiger partial charge in [-0.1, -0.05) is 224 Å². The maximum absolute atomic E-state index is 2.59. The Morgan fingerprint density at radius 1 is 0.377 bits per heavy atom. The van der Waals surface area contributed by atoms with Crippen molar-refractivity contribution < 1.29 is 0 Å². The predicted octanol–water partition coefficient (Wildman–Crippen LogP) is 17.4. The number of anilines is 3. The molecule has 0 amide bonds. The van der Waals surface area contributed by atoms with Crippen molar-refractivity contribution in [3.63, 3.8) is 0 Å². The second-order valence-electron chi connectivity index (χ2n) is 18.7. The molecule has 0 bridgehead atoms. The van der Waals surface area contributed by atoms with Crippen molar-refractivity contribution in [2.45, 2.75) is 11.3 Å².